The molecule has 7 heteroatoms. The van der Waals surface area contributed by atoms with Gasteiger partial charge in [0.2, 0.25) is 0 Å². The highest BCUT2D eigenvalue weighted by Crippen LogP contribution is 2.45. The number of hydrogen-bond donors (Lipinski definition) is 0. The van der Waals surface area contributed by atoms with E-state index in [4.69, 9.17) is 9.57 Å². The lowest BCUT2D eigenvalue weighted by molar-refractivity contribution is -0.384. The Hall–Kier alpha value is -1.99. The predicted molar refractivity (Wildman–Crippen MR) is 76.8 cm³/mol. The molecule has 4 atom stereocenters. The molecule has 0 aromatic heterocycles. The Bertz CT molecular complexity index is 574. The van der Waals surface area contributed by atoms with Crippen molar-refractivity contribution in [3.8, 4) is 0 Å². The average Bonchev–Trinajstić information content (AvgIpc) is 2.73. The number of non-ortho nitro benzene ring substituents is 1. The van der Waals surface area contributed by atoms with Crippen LogP contribution in [0, 0.1) is 16.0 Å². The quantitative estimate of drug-likeness (QED) is 0.482. The third-order valence-electron chi connectivity index (χ3n) is 4.23. The van der Waals surface area contributed by atoms with Crippen LogP contribution in [0.4, 0.5) is 5.69 Å². The van der Waals surface area contributed by atoms with Gasteiger partial charge < -0.3 is 4.74 Å². The van der Waals surface area contributed by atoms with Crippen LogP contribution in [0.3, 0.4) is 0 Å². The summed E-state index contributed by atoms with van der Waals surface area (Å²) in [5.41, 5.74) is 0.992. The van der Waals surface area contributed by atoms with Crippen molar-refractivity contribution in [1.82, 2.24) is 5.06 Å². The smallest absolute Gasteiger partial charge is 0.337 e. The molecule has 3 rings (SSSR count). The van der Waals surface area contributed by atoms with Gasteiger partial charge in [-0.05, 0) is 25.3 Å². The van der Waals surface area contributed by atoms with Gasteiger partial charge in [-0.15, -0.1) is 0 Å². The summed E-state index contributed by atoms with van der Waals surface area (Å²) in [6, 6.07) is 6.41. The number of esters is 1. The van der Waals surface area contributed by atoms with Crippen molar-refractivity contribution in [1.29, 1.82) is 0 Å². The summed E-state index contributed by atoms with van der Waals surface area (Å²) in [7, 11) is 0. The minimum absolute atomic E-state index is 0.0225. The summed E-state index contributed by atoms with van der Waals surface area (Å²) in [5.74, 6) is -0.307. The molecule has 2 fully saturated rings. The Morgan fingerprint density at radius 2 is 2.18 bits per heavy atom. The number of rotatable bonds is 4. The number of hydroxylamine groups is 2. The van der Waals surface area contributed by atoms with Crippen molar-refractivity contribution >= 4 is 11.7 Å². The number of fused-ring (bicyclic) bond motifs is 2. The number of ether oxygens (including phenoxy) is 1. The highest BCUT2D eigenvalue weighted by Gasteiger charge is 2.50. The number of benzene rings is 1. The first-order valence-electron chi connectivity index (χ1n) is 7.46. The van der Waals surface area contributed by atoms with Gasteiger partial charge in [0.15, 0.2) is 6.10 Å². The van der Waals surface area contributed by atoms with Crippen LogP contribution >= 0.6 is 0 Å². The molecule has 2 heterocycles. The van der Waals surface area contributed by atoms with Gasteiger partial charge in [-0.3, -0.25) is 15.0 Å². The zero-order valence-corrected chi connectivity index (χ0v) is 12.3. The first kappa shape index (κ1) is 14.9. The third-order valence-corrected chi connectivity index (χ3v) is 4.23. The average molecular weight is 306 g/mol. The Balaban J connectivity index is 1.84. The van der Waals surface area contributed by atoms with Gasteiger partial charge in [0.05, 0.1) is 17.6 Å². The van der Waals surface area contributed by atoms with Crippen molar-refractivity contribution in [2.24, 2.45) is 5.92 Å². The van der Waals surface area contributed by atoms with E-state index < -0.39 is 11.0 Å². The third kappa shape index (κ3) is 2.57. The molecular weight excluding hydrogens is 288 g/mol. The summed E-state index contributed by atoms with van der Waals surface area (Å²) in [6.45, 7) is 2.84. The van der Waals surface area contributed by atoms with E-state index in [1.54, 1.807) is 19.1 Å². The first-order chi connectivity index (χ1) is 10.6. The molecule has 2 aliphatic rings. The number of piperidine rings is 1. The Morgan fingerprint density at radius 3 is 2.82 bits per heavy atom. The molecule has 7 nitrogen and oxygen atoms in total. The molecule has 1 aromatic rings. The summed E-state index contributed by atoms with van der Waals surface area (Å²) in [5, 5.41) is 12.6. The maximum absolute atomic E-state index is 12.0. The van der Waals surface area contributed by atoms with Crippen LogP contribution in [0.2, 0.25) is 0 Å². The van der Waals surface area contributed by atoms with Crippen molar-refractivity contribution in [2.45, 2.75) is 31.9 Å². The van der Waals surface area contributed by atoms with E-state index in [9.17, 15) is 14.9 Å². The molecule has 0 aliphatic carbocycles. The summed E-state index contributed by atoms with van der Waals surface area (Å²) in [4.78, 5) is 28.1. The maximum Gasteiger partial charge on any atom is 0.337 e. The molecule has 2 bridgehead atoms. The lowest BCUT2D eigenvalue weighted by Crippen LogP contribution is -2.32. The van der Waals surface area contributed by atoms with Crippen LogP contribution in [0.15, 0.2) is 24.3 Å². The molecular formula is C15H18N2O5. The predicted octanol–water partition coefficient (Wildman–Crippen LogP) is 2.22. The number of carbonyl (C=O) groups excluding carboxylic acids is 1. The van der Waals surface area contributed by atoms with E-state index in [-0.39, 0.29) is 23.6 Å². The maximum atomic E-state index is 12.0. The monoisotopic (exact) mass is 306 g/mol. The van der Waals surface area contributed by atoms with Gasteiger partial charge in [0.1, 0.15) is 0 Å². The van der Waals surface area contributed by atoms with E-state index in [2.05, 4.69) is 0 Å². The Labute approximate surface area is 127 Å². The second-order valence-electron chi connectivity index (χ2n) is 5.52. The summed E-state index contributed by atoms with van der Waals surface area (Å²) < 4.78 is 5.09. The highest BCUT2D eigenvalue weighted by molar-refractivity contribution is 5.75. The van der Waals surface area contributed by atoms with Gasteiger partial charge in [-0.2, -0.15) is 5.06 Å². The highest BCUT2D eigenvalue weighted by atomic mass is 16.7. The second-order valence-corrected chi connectivity index (χ2v) is 5.52. The van der Waals surface area contributed by atoms with Gasteiger partial charge >= 0.3 is 5.97 Å². The largest absolute Gasteiger partial charge is 0.464 e. The van der Waals surface area contributed by atoms with Gasteiger partial charge in [-0.25, -0.2) is 4.79 Å². The lowest BCUT2D eigenvalue weighted by Gasteiger charge is -2.30. The minimum atomic E-state index is -0.581. The fourth-order valence-corrected chi connectivity index (χ4v) is 3.30. The van der Waals surface area contributed by atoms with Crippen molar-refractivity contribution < 1.29 is 19.3 Å². The molecule has 0 radical (unpaired) electrons. The zero-order valence-electron chi connectivity index (χ0n) is 12.3. The van der Waals surface area contributed by atoms with E-state index in [0.717, 1.165) is 24.9 Å². The second kappa shape index (κ2) is 6.02. The first-order valence-corrected chi connectivity index (χ1v) is 7.46. The van der Waals surface area contributed by atoms with E-state index in [1.165, 1.54) is 12.1 Å². The van der Waals surface area contributed by atoms with Gasteiger partial charge in [0, 0.05) is 24.6 Å². The van der Waals surface area contributed by atoms with Crippen LogP contribution < -0.4 is 0 Å². The van der Waals surface area contributed by atoms with Crippen LogP contribution in [-0.4, -0.2) is 35.2 Å². The Kier molecular flexibility index (Phi) is 4.08. The van der Waals surface area contributed by atoms with E-state index in [1.807, 2.05) is 5.06 Å². The van der Waals surface area contributed by atoms with Crippen LogP contribution in [0.1, 0.15) is 31.4 Å². The minimum Gasteiger partial charge on any atom is -0.464 e. The number of nitro benzene ring substituents is 1. The van der Waals surface area contributed by atoms with Gasteiger partial charge in [-0.1, -0.05) is 12.1 Å². The molecule has 0 saturated carbocycles. The zero-order chi connectivity index (χ0) is 15.7. The molecule has 1 unspecified atom stereocenters. The molecule has 2 saturated heterocycles. The van der Waals surface area contributed by atoms with Crippen LogP contribution in [-0.2, 0) is 14.4 Å². The molecule has 118 valence electrons. The van der Waals surface area contributed by atoms with Crippen LogP contribution in [0.25, 0.3) is 0 Å². The van der Waals surface area contributed by atoms with Crippen LogP contribution in [0.5, 0.6) is 0 Å². The molecule has 2 aliphatic heterocycles. The summed E-state index contributed by atoms with van der Waals surface area (Å²) >= 11 is 0. The number of nitrogens with zero attached hydrogens (tertiary/aromatic N) is 2. The lowest BCUT2D eigenvalue weighted by atomic mass is 9.83. The topological polar surface area (TPSA) is 81.9 Å². The fourth-order valence-electron chi connectivity index (χ4n) is 3.30. The summed E-state index contributed by atoms with van der Waals surface area (Å²) in [6.07, 6.45) is 1.26. The van der Waals surface area contributed by atoms with Crippen molar-refractivity contribution in [3.63, 3.8) is 0 Å². The molecule has 1 aromatic carbocycles. The number of carbonyl (C=O) groups is 1. The van der Waals surface area contributed by atoms with E-state index in [0.29, 0.717) is 6.61 Å². The molecule has 22 heavy (non-hydrogen) atoms. The normalized spacial score (nSPS) is 30.0. The van der Waals surface area contributed by atoms with Gasteiger partial charge in [0.25, 0.3) is 5.69 Å². The van der Waals surface area contributed by atoms with E-state index >= 15 is 0 Å². The molecule has 0 N–H and O–H groups in total. The SMILES string of the molecule is CCOC(=O)[C@@H]1ON2CCC[C@H]1[C@H]2c1ccc([N+](=O)[O-])cc1. The van der Waals surface area contributed by atoms with Crippen molar-refractivity contribution in [2.75, 3.05) is 13.2 Å². The Morgan fingerprint density at radius 1 is 1.45 bits per heavy atom. The van der Waals surface area contributed by atoms with Crippen molar-refractivity contribution in [3.05, 3.63) is 39.9 Å². The molecule has 0 amide bonds. The standard InChI is InChI=1S/C15H18N2O5/c1-2-21-15(18)14-12-4-3-9-16(22-14)13(12)10-5-7-11(8-6-10)17(19)20/h5-8,12-14H,2-4,9H2,1H3/t12-,13+,14+/m0/s1. The number of nitro groups is 1. The fraction of sp³-hybridized carbons (Fsp3) is 0.533. The molecule has 0 spiro atoms. The number of hydrogen-bond acceptors (Lipinski definition) is 6.